The highest BCUT2D eigenvalue weighted by Crippen LogP contribution is 1.98. The average Bonchev–Trinajstić information content (AvgIpc) is 1.87. The fourth-order valence-corrected chi connectivity index (χ4v) is 0.936. The summed E-state index contributed by atoms with van der Waals surface area (Å²) >= 11 is 3.03. The lowest BCUT2D eigenvalue weighted by atomic mass is 10.5. The summed E-state index contributed by atoms with van der Waals surface area (Å²) in [6.45, 7) is 0.309. The van der Waals surface area contributed by atoms with Gasteiger partial charge in [-0.2, -0.15) is 8.78 Å². The zero-order valence-electron chi connectivity index (χ0n) is 5.48. The van der Waals surface area contributed by atoms with Crippen LogP contribution in [0.3, 0.4) is 0 Å². The molecule has 0 fully saturated rings. The average molecular weight is 216 g/mol. The zero-order chi connectivity index (χ0) is 8.15. The Morgan fingerprint density at radius 2 is 2.20 bits per heavy atom. The molecule has 1 amide bonds. The van der Waals surface area contributed by atoms with Crippen LogP contribution in [0.4, 0.5) is 8.78 Å². The van der Waals surface area contributed by atoms with E-state index in [0.717, 1.165) is 4.90 Å². The number of nitrogens with zero attached hydrogens (tertiary/aromatic N) is 1. The molecule has 0 N–H and O–H groups in total. The summed E-state index contributed by atoms with van der Waals surface area (Å²) in [5.41, 5.74) is 0. The van der Waals surface area contributed by atoms with Crippen molar-refractivity contribution in [3.05, 3.63) is 0 Å². The van der Waals surface area contributed by atoms with Gasteiger partial charge >= 0.3 is 6.43 Å². The van der Waals surface area contributed by atoms with Gasteiger partial charge in [-0.1, -0.05) is 15.9 Å². The first-order valence-electron chi connectivity index (χ1n) is 2.68. The van der Waals surface area contributed by atoms with Crippen molar-refractivity contribution >= 4 is 21.8 Å². The third-order valence-electron chi connectivity index (χ3n) is 0.983. The smallest absolute Gasteiger partial charge is 0.315 e. The molecule has 0 aromatic carbocycles. The predicted molar refractivity (Wildman–Crippen MR) is 37.4 cm³/mol. The Hall–Kier alpha value is -0.190. The number of hydrogen-bond acceptors (Lipinski definition) is 1. The van der Waals surface area contributed by atoms with E-state index in [1.54, 1.807) is 0 Å². The van der Waals surface area contributed by atoms with E-state index in [4.69, 9.17) is 0 Å². The van der Waals surface area contributed by atoms with E-state index >= 15 is 0 Å². The summed E-state index contributed by atoms with van der Waals surface area (Å²) in [7, 11) is 1.34. The van der Waals surface area contributed by atoms with Crippen LogP contribution in [-0.4, -0.2) is 36.2 Å². The minimum atomic E-state index is -2.89. The van der Waals surface area contributed by atoms with Gasteiger partial charge in [-0.05, 0) is 0 Å². The molecule has 0 heterocycles. The van der Waals surface area contributed by atoms with Crippen LogP contribution in [0.5, 0.6) is 0 Å². The molecular formula is C5H8BrF2NO. The van der Waals surface area contributed by atoms with E-state index in [9.17, 15) is 13.6 Å². The fourth-order valence-electron chi connectivity index (χ4n) is 0.404. The van der Waals surface area contributed by atoms with Crippen LogP contribution in [0.2, 0.25) is 0 Å². The van der Waals surface area contributed by atoms with E-state index in [1.165, 1.54) is 7.05 Å². The number of hydrogen-bond donors (Lipinski definition) is 0. The maximum Gasteiger partial charge on any atom is 0.315 e. The third-order valence-corrected chi connectivity index (χ3v) is 1.34. The lowest BCUT2D eigenvalue weighted by molar-refractivity contribution is -0.141. The summed E-state index contributed by atoms with van der Waals surface area (Å²) in [5.74, 6) is -1.13. The normalized spacial score (nSPS) is 10.1. The number of amides is 1. The van der Waals surface area contributed by atoms with Crippen LogP contribution >= 0.6 is 15.9 Å². The zero-order valence-corrected chi connectivity index (χ0v) is 7.07. The first-order chi connectivity index (χ1) is 4.59. The lowest BCUT2D eigenvalue weighted by Crippen LogP contribution is -2.33. The first-order valence-corrected chi connectivity index (χ1v) is 3.81. The van der Waals surface area contributed by atoms with Gasteiger partial charge < -0.3 is 4.90 Å². The molecule has 0 aromatic heterocycles. The fraction of sp³-hybridized carbons (Fsp3) is 0.800. The van der Waals surface area contributed by atoms with Gasteiger partial charge in [0.05, 0.1) is 0 Å². The minimum absolute atomic E-state index is 0.309. The predicted octanol–water partition coefficient (Wildman–Crippen LogP) is 1.10. The SMILES string of the molecule is CN(CCBr)C(=O)C(F)F. The van der Waals surface area contributed by atoms with Crippen molar-refractivity contribution in [2.75, 3.05) is 18.9 Å². The Kier molecular flexibility index (Phi) is 4.51. The van der Waals surface area contributed by atoms with Crippen molar-refractivity contribution in [1.82, 2.24) is 4.90 Å². The van der Waals surface area contributed by atoms with Gasteiger partial charge in [0.1, 0.15) is 0 Å². The van der Waals surface area contributed by atoms with Gasteiger partial charge in [0.25, 0.3) is 5.91 Å². The van der Waals surface area contributed by atoms with Crippen molar-refractivity contribution in [2.45, 2.75) is 6.43 Å². The molecule has 0 aliphatic carbocycles. The van der Waals surface area contributed by atoms with Crippen molar-refractivity contribution < 1.29 is 13.6 Å². The molecule has 0 spiro atoms. The molecule has 0 radical (unpaired) electrons. The number of rotatable bonds is 3. The summed E-state index contributed by atoms with van der Waals surface area (Å²) in [6, 6.07) is 0. The molecule has 5 heteroatoms. The van der Waals surface area contributed by atoms with Gasteiger partial charge in [0.15, 0.2) is 0 Å². The second kappa shape index (κ2) is 4.60. The molecule has 0 aliphatic heterocycles. The van der Waals surface area contributed by atoms with E-state index in [2.05, 4.69) is 15.9 Å². The molecule has 60 valence electrons. The Morgan fingerprint density at radius 3 is 2.50 bits per heavy atom. The molecule has 0 saturated heterocycles. The maximum absolute atomic E-state index is 11.6. The van der Waals surface area contributed by atoms with Gasteiger partial charge in [0, 0.05) is 18.9 Å². The van der Waals surface area contributed by atoms with E-state index in [0.29, 0.717) is 11.9 Å². The largest absolute Gasteiger partial charge is 0.340 e. The highest BCUT2D eigenvalue weighted by Gasteiger charge is 2.18. The summed E-state index contributed by atoms with van der Waals surface area (Å²) < 4.78 is 23.2. The second-order valence-corrected chi connectivity index (χ2v) is 2.54. The van der Waals surface area contributed by atoms with E-state index in [1.807, 2.05) is 0 Å². The van der Waals surface area contributed by atoms with Crippen LogP contribution < -0.4 is 0 Å². The minimum Gasteiger partial charge on any atom is -0.340 e. The third kappa shape index (κ3) is 3.10. The van der Waals surface area contributed by atoms with Crippen molar-refractivity contribution in [3.8, 4) is 0 Å². The van der Waals surface area contributed by atoms with Gasteiger partial charge in [-0.15, -0.1) is 0 Å². The van der Waals surface area contributed by atoms with Crippen LogP contribution in [0.1, 0.15) is 0 Å². The molecule has 2 nitrogen and oxygen atoms in total. The summed E-state index contributed by atoms with van der Waals surface area (Å²) in [6.07, 6.45) is -2.89. The second-order valence-electron chi connectivity index (χ2n) is 1.75. The van der Waals surface area contributed by atoms with Crippen LogP contribution in [0.15, 0.2) is 0 Å². The Balaban J connectivity index is 3.71. The van der Waals surface area contributed by atoms with Crippen LogP contribution in [0, 0.1) is 0 Å². The van der Waals surface area contributed by atoms with Crippen molar-refractivity contribution in [1.29, 1.82) is 0 Å². The van der Waals surface area contributed by atoms with Crippen LogP contribution in [-0.2, 0) is 4.79 Å². The number of carbonyl (C=O) groups is 1. The molecule has 0 rings (SSSR count). The van der Waals surface area contributed by atoms with Gasteiger partial charge in [-0.25, -0.2) is 0 Å². The molecule has 0 saturated carbocycles. The van der Waals surface area contributed by atoms with Crippen LogP contribution in [0.25, 0.3) is 0 Å². The molecule has 0 bridgehead atoms. The Morgan fingerprint density at radius 1 is 1.70 bits per heavy atom. The lowest BCUT2D eigenvalue weighted by Gasteiger charge is -2.13. The van der Waals surface area contributed by atoms with E-state index in [-0.39, 0.29) is 0 Å². The number of alkyl halides is 3. The molecule has 0 atom stereocenters. The first kappa shape index (κ1) is 9.81. The van der Waals surface area contributed by atoms with Crippen molar-refractivity contribution in [2.24, 2.45) is 0 Å². The number of halogens is 3. The molecule has 0 aromatic rings. The number of carbonyl (C=O) groups excluding carboxylic acids is 1. The molecular weight excluding hydrogens is 208 g/mol. The summed E-state index contributed by atoms with van der Waals surface area (Å²) in [5, 5.41) is 0.516. The highest BCUT2D eigenvalue weighted by molar-refractivity contribution is 9.09. The van der Waals surface area contributed by atoms with Gasteiger partial charge in [0.2, 0.25) is 0 Å². The molecule has 10 heavy (non-hydrogen) atoms. The highest BCUT2D eigenvalue weighted by atomic mass is 79.9. The Labute approximate surface area is 66.3 Å². The molecule has 0 unspecified atom stereocenters. The van der Waals surface area contributed by atoms with Crippen molar-refractivity contribution in [3.63, 3.8) is 0 Å². The monoisotopic (exact) mass is 215 g/mol. The van der Waals surface area contributed by atoms with E-state index < -0.39 is 12.3 Å². The Bertz CT molecular complexity index is 120. The molecule has 0 aliphatic rings. The topological polar surface area (TPSA) is 20.3 Å². The van der Waals surface area contributed by atoms with Gasteiger partial charge in [-0.3, -0.25) is 4.79 Å². The standard InChI is InChI=1S/C5H8BrF2NO/c1-9(3-2-6)5(10)4(7)8/h4H,2-3H2,1H3. The summed E-state index contributed by atoms with van der Waals surface area (Å²) in [4.78, 5) is 11.4. The quantitative estimate of drug-likeness (QED) is 0.647. The maximum atomic E-state index is 11.6.